The van der Waals surface area contributed by atoms with Gasteiger partial charge in [0.15, 0.2) is 11.9 Å². The molecule has 4 unspecified atom stereocenters. The number of phenols is 1. The molecule has 41 heavy (non-hydrogen) atoms. The minimum Gasteiger partial charge on any atom is -0.508 e. The normalized spacial score (nSPS) is 13.5. The van der Waals surface area contributed by atoms with Crippen LogP contribution in [0.25, 0.3) is 0 Å². The highest BCUT2D eigenvalue weighted by atomic mass is 32.1. The van der Waals surface area contributed by atoms with Crippen molar-refractivity contribution in [2.45, 2.75) is 56.3 Å². The zero-order chi connectivity index (χ0) is 30.9. The van der Waals surface area contributed by atoms with Crippen molar-refractivity contribution in [3.63, 3.8) is 0 Å². The second-order valence-electron chi connectivity index (χ2n) is 9.08. The Bertz CT molecular complexity index is 1080. The fourth-order valence-electron chi connectivity index (χ4n) is 3.53. The van der Waals surface area contributed by atoms with E-state index in [0.717, 1.165) is 0 Å². The van der Waals surface area contributed by atoms with Crippen molar-refractivity contribution in [2.24, 2.45) is 38.7 Å². The summed E-state index contributed by atoms with van der Waals surface area (Å²) in [6.45, 7) is 0.350. The summed E-state index contributed by atoms with van der Waals surface area (Å²) in [5.74, 6) is -3.77. The van der Waals surface area contributed by atoms with E-state index in [2.05, 4.69) is 38.6 Å². The summed E-state index contributed by atoms with van der Waals surface area (Å²) < 4.78 is 0. The molecule has 17 heteroatoms. The highest BCUT2D eigenvalue weighted by Crippen LogP contribution is 2.11. The standard InChI is InChI=1S/C24H40N10O6S/c25-15(11-13-5-7-14(35)8-6-13)19(36)32-16(3-1-9-30-23(26)27)20(37)34-18(12-41)21(38)33-17(22(39)40)4-2-10-31-24(28)29/h5-8,15-18,35,41H,1-4,9-12,25H2,(H,32,36)(H,33,38)(H,34,37)(H,39,40)(H4,26,27,30)(H4,28,29,31). The second kappa shape index (κ2) is 18.2. The Morgan fingerprint density at radius 3 is 1.73 bits per heavy atom. The number of hydrogen-bond donors (Lipinski definition) is 11. The van der Waals surface area contributed by atoms with Gasteiger partial charge >= 0.3 is 5.97 Å². The van der Waals surface area contributed by atoms with Gasteiger partial charge in [0.05, 0.1) is 6.04 Å². The first kappa shape index (κ1) is 34.8. The number of carboxylic acid groups (broad SMARTS) is 1. The SMILES string of the molecule is NC(N)=NCCCC(NC(=O)C(CS)NC(=O)C(CCCN=C(N)N)NC(=O)C(N)Cc1ccc(O)cc1)C(=O)O. The predicted molar refractivity (Wildman–Crippen MR) is 157 cm³/mol. The number of nitrogens with two attached hydrogens (primary N) is 5. The number of rotatable bonds is 18. The van der Waals surface area contributed by atoms with Gasteiger partial charge in [0.1, 0.15) is 23.9 Å². The maximum Gasteiger partial charge on any atom is 0.326 e. The van der Waals surface area contributed by atoms with Crippen LogP contribution in [0.5, 0.6) is 5.75 Å². The lowest BCUT2D eigenvalue weighted by Gasteiger charge is -2.24. The number of nitrogens with zero attached hydrogens (tertiary/aromatic N) is 2. The van der Waals surface area contributed by atoms with Crippen LogP contribution in [0.1, 0.15) is 31.2 Å². The van der Waals surface area contributed by atoms with E-state index in [4.69, 9.17) is 28.7 Å². The number of amides is 3. The van der Waals surface area contributed by atoms with E-state index in [1.54, 1.807) is 12.1 Å². The van der Waals surface area contributed by atoms with E-state index < -0.39 is 47.9 Å². The van der Waals surface area contributed by atoms with E-state index >= 15 is 0 Å². The third kappa shape index (κ3) is 14.1. The first-order chi connectivity index (χ1) is 19.3. The lowest BCUT2D eigenvalue weighted by molar-refractivity contribution is -0.142. The number of carbonyl (C=O) groups is 4. The van der Waals surface area contributed by atoms with Gasteiger partial charge in [-0.05, 0) is 49.8 Å². The fraction of sp³-hybridized carbons (Fsp3) is 0.500. The zero-order valence-electron chi connectivity index (χ0n) is 22.5. The van der Waals surface area contributed by atoms with Gasteiger partial charge in [-0.15, -0.1) is 0 Å². The monoisotopic (exact) mass is 596 g/mol. The van der Waals surface area contributed by atoms with E-state index in [9.17, 15) is 29.4 Å². The van der Waals surface area contributed by atoms with Crippen LogP contribution in [0.3, 0.4) is 0 Å². The Kier molecular flexibility index (Phi) is 15.4. The van der Waals surface area contributed by atoms with Crippen LogP contribution >= 0.6 is 12.6 Å². The van der Waals surface area contributed by atoms with Gasteiger partial charge in [-0.1, -0.05) is 12.1 Å². The van der Waals surface area contributed by atoms with Crippen molar-refractivity contribution >= 4 is 48.2 Å². The summed E-state index contributed by atoms with van der Waals surface area (Å²) in [7, 11) is 0. The quantitative estimate of drug-likeness (QED) is 0.0348. The van der Waals surface area contributed by atoms with Crippen LogP contribution in [-0.2, 0) is 25.6 Å². The van der Waals surface area contributed by atoms with E-state index in [1.165, 1.54) is 12.1 Å². The Morgan fingerprint density at radius 2 is 1.24 bits per heavy atom. The molecule has 0 radical (unpaired) electrons. The molecule has 16 nitrogen and oxygen atoms in total. The smallest absolute Gasteiger partial charge is 0.326 e. The summed E-state index contributed by atoms with van der Waals surface area (Å²) in [6.07, 6.45) is 0.854. The maximum absolute atomic E-state index is 13.1. The number of carboxylic acids is 1. The minimum atomic E-state index is -1.28. The molecule has 228 valence electrons. The van der Waals surface area contributed by atoms with Crippen molar-refractivity contribution < 1.29 is 29.4 Å². The highest BCUT2D eigenvalue weighted by Gasteiger charge is 2.29. The van der Waals surface area contributed by atoms with Crippen LogP contribution in [0.15, 0.2) is 34.3 Å². The number of phenolic OH excluding ortho intramolecular Hbond substituents is 1. The number of thiol groups is 1. The molecule has 0 aliphatic carbocycles. The Balaban J connectivity index is 2.90. The summed E-state index contributed by atoms with van der Waals surface area (Å²) >= 11 is 4.11. The average Bonchev–Trinajstić information content (AvgIpc) is 2.90. The zero-order valence-corrected chi connectivity index (χ0v) is 23.4. The molecule has 0 saturated carbocycles. The molecule has 4 atom stereocenters. The van der Waals surface area contributed by atoms with Crippen molar-refractivity contribution in [2.75, 3.05) is 18.8 Å². The van der Waals surface area contributed by atoms with Gasteiger partial charge in [-0.3, -0.25) is 24.4 Å². The molecule has 0 aromatic heterocycles. The van der Waals surface area contributed by atoms with Crippen LogP contribution < -0.4 is 44.6 Å². The molecule has 1 aromatic rings. The molecule has 0 heterocycles. The lowest BCUT2D eigenvalue weighted by atomic mass is 10.0. The predicted octanol–water partition coefficient (Wildman–Crippen LogP) is -3.16. The van der Waals surface area contributed by atoms with Gasteiger partial charge < -0.3 is 54.8 Å². The molecule has 3 amide bonds. The highest BCUT2D eigenvalue weighted by molar-refractivity contribution is 7.80. The second-order valence-corrected chi connectivity index (χ2v) is 9.44. The molecule has 1 rings (SSSR count). The van der Waals surface area contributed by atoms with Gasteiger partial charge in [-0.2, -0.15) is 12.6 Å². The van der Waals surface area contributed by atoms with Gasteiger partial charge in [0.25, 0.3) is 0 Å². The molecule has 0 fully saturated rings. The molecular formula is C24H40N10O6S. The largest absolute Gasteiger partial charge is 0.508 e. The van der Waals surface area contributed by atoms with Gasteiger partial charge in [0, 0.05) is 18.8 Å². The first-order valence-corrected chi connectivity index (χ1v) is 13.4. The van der Waals surface area contributed by atoms with Crippen LogP contribution in [0.2, 0.25) is 0 Å². The molecule has 0 aliphatic heterocycles. The van der Waals surface area contributed by atoms with Crippen LogP contribution in [-0.4, -0.2) is 88.8 Å². The number of aliphatic imine (C=N–C) groups is 2. The number of aromatic hydroxyl groups is 1. The molecule has 0 bridgehead atoms. The Morgan fingerprint density at radius 1 is 0.780 bits per heavy atom. The number of hydrogen-bond acceptors (Lipinski definition) is 9. The number of guanidine groups is 2. The summed E-state index contributed by atoms with van der Waals surface area (Å²) in [6, 6.07) is 1.53. The van der Waals surface area contributed by atoms with Gasteiger partial charge in [-0.25, -0.2) is 4.79 Å². The number of carbonyl (C=O) groups excluding carboxylic acids is 3. The average molecular weight is 597 g/mol. The molecule has 0 spiro atoms. The molecule has 1 aromatic carbocycles. The number of nitrogens with one attached hydrogen (secondary N) is 3. The number of aliphatic carboxylic acids is 1. The van der Waals surface area contributed by atoms with E-state index in [1.807, 2.05) is 0 Å². The Labute approximate surface area is 243 Å². The molecule has 0 aliphatic rings. The van der Waals surface area contributed by atoms with Crippen molar-refractivity contribution in [3.05, 3.63) is 29.8 Å². The molecule has 15 N–H and O–H groups in total. The summed E-state index contributed by atoms with van der Waals surface area (Å²) in [4.78, 5) is 58.0. The van der Waals surface area contributed by atoms with Crippen molar-refractivity contribution in [1.29, 1.82) is 0 Å². The molecular weight excluding hydrogens is 556 g/mol. The van der Waals surface area contributed by atoms with E-state index in [-0.39, 0.29) is 62.2 Å². The van der Waals surface area contributed by atoms with Crippen LogP contribution in [0.4, 0.5) is 0 Å². The van der Waals surface area contributed by atoms with Crippen molar-refractivity contribution in [1.82, 2.24) is 16.0 Å². The lowest BCUT2D eigenvalue weighted by Crippen LogP contribution is -2.57. The molecule has 0 saturated heterocycles. The summed E-state index contributed by atoms with van der Waals surface area (Å²) in [5, 5.41) is 26.4. The van der Waals surface area contributed by atoms with Crippen molar-refractivity contribution in [3.8, 4) is 5.75 Å². The van der Waals surface area contributed by atoms with E-state index in [0.29, 0.717) is 12.0 Å². The number of benzene rings is 1. The van der Waals surface area contributed by atoms with Crippen LogP contribution in [0, 0.1) is 0 Å². The summed E-state index contributed by atoms with van der Waals surface area (Å²) in [5.41, 5.74) is 27.9. The maximum atomic E-state index is 13.1. The first-order valence-electron chi connectivity index (χ1n) is 12.7. The van der Waals surface area contributed by atoms with Gasteiger partial charge in [0.2, 0.25) is 17.7 Å². The third-order valence-corrected chi connectivity index (χ3v) is 6.05. The topological polar surface area (TPSA) is 300 Å². The fourth-order valence-corrected chi connectivity index (χ4v) is 3.79. The Hall–Kier alpha value is -4.25. The minimum absolute atomic E-state index is 0.0352. The third-order valence-electron chi connectivity index (χ3n) is 5.68.